The molecule has 114 valence electrons. The molecule has 0 aromatic heterocycles. The van der Waals surface area contributed by atoms with Crippen LogP contribution in [-0.4, -0.2) is 23.0 Å². The minimum absolute atomic E-state index is 0.309. The van der Waals surface area contributed by atoms with Crippen molar-refractivity contribution in [2.24, 2.45) is 0 Å². The van der Waals surface area contributed by atoms with Crippen LogP contribution in [0.4, 0.5) is 0 Å². The Bertz CT molecular complexity index is 277. The normalized spacial score (nSPS) is 13.7. The van der Waals surface area contributed by atoms with Gasteiger partial charge in [-0.2, -0.15) is 0 Å². The molecule has 0 heterocycles. The molecule has 0 unspecified atom stereocenters. The van der Waals surface area contributed by atoms with Gasteiger partial charge < -0.3 is 4.43 Å². The van der Waals surface area contributed by atoms with E-state index in [2.05, 4.69) is 61.2 Å². The van der Waals surface area contributed by atoms with E-state index in [1.807, 2.05) is 0 Å². The zero-order valence-corrected chi connectivity index (χ0v) is 16.7. The molecule has 0 aliphatic carbocycles. The van der Waals surface area contributed by atoms with Gasteiger partial charge in [-0.15, -0.1) is 6.58 Å². The number of rotatable bonds is 8. The molecule has 0 saturated heterocycles. The van der Waals surface area contributed by atoms with Crippen LogP contribution in [0, 0.1) is 0 Å². The van der Waals surface area contributed by atoms with Gasteiger partial charge in [0.05, 0.1) is 8.07 Å². The molecule has 0 aliphatic rings. The summed E-state index contributed by atoms with van der Waals surface area (Å²) in [4.78, 5) is 0. The SMILES string of the molecule is C=C(CCO[Si](C)(C)C(C)(C)C)[Si](CC)(CC)CC. The monoisotopic (exact) mass is 300 g/mol. The van der Waals surface area contributed by atoms with Crippen LogP contribution >= 0.6 is 0 Å². The fraction of sp³-hybridized carbons (Fsp3) is 0.875. The molecule has 0 aromatic rings. The van der Waals surface area contributed by atoms with E-state index >= 15 is 0 Å². The summed E-state index contributed by atoms with van der Waals surface area (Å²) in [7, 11) is -2.81. The van der Waals surface area contributed by atoms with Gasteiger partial charge in [-0.3, -0.25) is 0 Å². The van der Waals surface area contributed by atoms with Crippen molar-refractivity contribution in [3.05, 3.63) is 11.8 Å². The van der Waals surface area contributed by atoms with E-state index in [9.17, 15) is 0 Å². The third-order valence-electron chi connectivity index (χ3n) is 5.45. The molecule has 0 rings (SSSR count). The predicted molar refractivity (Wildman–Crippen MR) is 94.1 cm³/mol. The van der Waals surface area contributed by atoms with E-state index in [1.54, 1.807) is 0 Å². The predicted octanol–water partition coefficient (Wildman–Crippen LogP) is 6.00. The van der Waals surface area contributed by atoms with Crippen molar-refractivity contribution >= 4 is 16.4 Å². The van der Waals surface area contributed by atoms with Crippen molar-refractivity contribution in [3.8, 4) is 0 Å². The second-order valence-corrected chi connectivity index (χ2v) is 17.5. The third-order valence-corrected chi connectivity index (χ3v) is 15.8. The summed E-state index contributed by atoms with van der Waals surface area (Å²) in [6, 6.07) is 4.00. The summed E-state index contributed by atoms with van der Waals surface area (Å²) < 4.78 is 6.29. The Morgan fingerprint density at radius 3 is 1.74 bits per heavy atom. The molecule has 19 heavy (non-hydrogen) atoms. The highest BCUT2D eigenvalue weighted by atomic mass is 28.4. The summed E-state index contributed by atoms with van der Waals surface area (Å²) in [6.07, 6.45) is 1.08. The van der Waals surface area contributed by atoms with Crippen molar-refractivity contribution in [3.63, 3.8) is 0 Å². The fourth-order valence-corrected chi connectivity index (χ4v) is 7.09. The number of hydrogen-bond donors (Lipinski definition) is 0. The highest BCUT2D eigenvalue weighted by Gasteiger charge is 2.37. The summed E-state index contributed by atoms with van der Waals surface area (Å²) in [6.45, 7) is 23.9. The molecule has 0 aliphatic heterocycles. The average molecular weight is 301 g/mol. The highest BCUT2D eigenvalue weighted by molar-refractivity contribution is 6.86. The molecule has 0 saturated carbocycles. The molecule has 0 spiro atoms. The van der Waals surface area contributed by atoms with E-state index in [0.717, 1.165) is 13.0 Å². The zero-order chi connectivity index (χ0) is 15.3. The van der Waals surface area contributed by atoms with Crippen molar-refractivity contribution in [2.75, 3.05) is 6.61 Å². The van der Waals surface area contributed by atoms with Gasteiger partial charge in [-0.25, -0.2) is 0 Å². The van der Waals surface area contributed by atoms with Crippen LogP contribution < -0.4 is 0 Å². The van der Waals surface area contributed by atoms with Crippen LogP contribution in [0.5, 0.6) is 0 Å². The standard InChI is InChI=1S/C16H36OSi2/c1-10-19(11-2,12-3)15(4)13-14-17-18(8,9)16(5,6)7/h4,10-14H2,1-3,5-9H3. The molecule has 1 nitrogen and oxygen atoms in total. The zero-order valence-electron chi connectivity index (χ0n) is 14.7. The third kappa shape index (κ3) is 4.87. The smallest absolute Gasteiger partial charge is 0.191 e. The lowest BCUT2D eigenvalue weighted by molar-refractivity contribution is 0.293. The lowest BCUT2D eigenvalue weighted by Gasteiger charge is -2.37. The topological polar surface area (TPSA) is 9.23 Å². The molecule has 0 bridgehead atoms. The van der Waals surface area contributed by atoms with Gasteiger partial charge in [-0.1, -0.05) is 64.9 Å². The van der Waals surface area contributed by atoms with Gasteiger partial charge >= 0.3 is 0 Å². The van der Waals surface area contributed by atoms with Crippen LogP contribution in [0.15, 0.2) is 11.8 Å². The molecular formula is C16H36OSi2. The molecule has 0 atom stereocenters. The van der Waals surface area contributed by atoms with Gasteiger partial charge in [0.15, 0.2) is 8.32 Å². The Hall–Kier alpha value is 0.134. The first-order chi connectivity index (χ1) is 8.56. The van der Waals surface area contributed by atoms with E-state index in [4.69, 9.17) is 4.43 Å². The van der Waals surface area contributed by atoms with Gasteiger partial charge in [0.25, 0.3) is 0 Å². The Labute approximate surface area is 124 Å². The van der Waals surface area contributed by atoms with Crippen molar-refractivity contribution in [1.29, 1.82) is 0 Å². The maximum Gasteiger partial charge on any atom is 0.191 e. The molecule has 0 amide bonds. The van der Waals surface area contributed by atoms with E-state index < -0.39 is 16.4 Å². The van der Waals surface area contributed by atoms with E-state index in [-0.39, 0.29) is 0 Å². The Balaban J connectivity index is 4.47. The largest absolute Gasteiger partial charge is 0.417 e. The van der Waals surface area contributed by atoms with Gasteiger partial charge in [0.2, 0.25) is 0 Å². The molecular weight excluding hydrogens is 264 g/mol. The summed E-state index contributed by atoms with van der Waals surface area (Å²) in [5, 5.41) is 1.84. The van der Waals surface area contributed by atoms with E-state index in [0.29, 0.717) is 5.04 Å². The van der Waals surface area contributed by atoms with Crippen molar-refractivity contribution in [2.45, 2.75) is 84.2 Å². The minimum Gasteiger partial charge on any atom is -0.417 e. The van der Waals surface area contributed by atoms with E-state index in [1.165, 1.54) is 23.3 Å². The van der Waals surface area contributed by atoms with Crippen molar-refractivity contribution in [1.82, 2.24) is 0 Å². The van der Waals surface area contributed by atoms with Gasteiger partial charge in [0, 0.05) is 6.61 Å². The first-order valence-electron chi connectivity index (χ1n) is 7.88. The average Bonchev–Trinajstić information content (AvgIpc) is 2.30. The van der Waals surface area contributed by atoms with Crippen LogP contribution in [0.2, 0.25) is 36.3 Å². The van der Waals surface area contributed by atoms with Crippen LogP contribution in [-0.2, 0) is 4.43 Å². The molecule has 0 N–H and O–H groups in total. The van der Waals surface area contributed by atoms with Crippen molar-refractivity contribution < 1.29 is 4.43 Å². The first kappa shape index (κ1) is 19.1. The quantitative estimate of drug-likeness (QED) is 0.499. The Morgan fingerprint density at radius 2 is 1.42 bits per heavy atom. The lowest BCUT2D eigenvalue weighted by Crippen LogP contribution is -2.41. The molecule has 0 radical (unpaired) electrons. The summed E-state index contributed by atoms with van der Waals surface area (Å²) in [5.41, 5.74) is 0. The molecule has 0 aromatic carbocycles. The highest BCUT2D eigenvalue weighted by Crippen LogP contribution is 2.37. The van der Waals surface area contributed by atoms with Gasteiger partial charge in [0.1, 0.15) is 0 Å². The second kappa shape index (κ2) is 7.23. The summed E-state index contributed by atoms with van der Waals surface area (Å²) >= 11 is 0. The van der Waals surface area contributed by atoms with Crippen LogP contribution in [0.3, 0.4) is 0 Å². The Kier molecular flexibility index (Phi) is 7.28. The minimum atomic E-state index is -1.59. The second-order valence-electron chi connectivity index (χ2n) is 7.30. The first-order valence-corrected chi connectivity index (χ1v) is 13.4. The number of hydrogen-bond acceptors (Lipinski definition) is 1. The van der Waals surface area contributed by atoms with Crippen LogP contribution in [0.1, 0.15) is 48.0 Å². The molecule has 3 heteroatoms. The lowest BCUT2D eigenvalue weighted by atomic mass is 10.2. The Morgan fingerprint density at radius 1 is 1.00 bits per heavy atom. The maximum atomic E-state index is 6.29. The molecule has 0 fully saturated rings. The van der Waals surface area contributed by atoms with Crippen LogP contribution in [0.25, 0.3) is 0 Å². The fourth-order valence-electron chi connectivity index (χ4n) is 2.41. The summed E-state index contributed by atoms with van der Waals surface area (Å²) in [5.74, 6) is 0. The van der Waals surface area contributed by atoms with Gasteiger partial charge in [-0.05, 0) is 24.6 Å². The maximum absolute atomic E-state index is 6.29.